The fourth-order valence-electron chi connectivity index (χ4n) is 4.74. The first-order valence-corrected chi connectivity index (χ1v) is 14.3. The van der Waals surface area contributed by atoms with Crippen molar-refractivity contribution in [3.63, 3.8) is 0 Å². The minimum Gasteiger partial charge on any atom is -0.444 e. The predicted octanol–water partition coefficient (Wildman–Crippen LogP) is 2.35. The molecule has 0 unspecified atom stereocenters. The third-order valence-electron chi connectivity index (χ3n) is 6.36. The van der Waals surface area contributed by atoms with Gasteiger partial charge in [0.15, 0.2) is 0 Å². The second-order valence-corrected chi connectivity index (χ2v) is 13.5. The van der Waals surface area contributed by atoms with Gasteiger partial charge in [0.25, 0.3) is 0 Å². The van der Waals surface area contributed by atoms with Crippen LogP contribution >= 0.6 is 23.5 Å². The number of hydrogen-bond donors (Lipinski definition) is 3. The molecule has 1 spiro atoms. The molecular formula is C23H38N4O6S2. The molecule has 3 fully saturated rings. The van der Waals surface area contributed by atoms with Crippen molar-refractivity contribution in [3.05, 3.63) is 0 Å². The summed E-state index contributed by atoms with van der Waals surface area (Å²) in [6.07, 6.45) is 3.70. The van der Waals surface area contributed by atoms with E-state index in [9.17, 15) is 19.2 Å². The lowest BCUT2D eigenvalue weighted by molar-refractivity contribution is -0.141. The van der Waals surface area contributed by atoms with Crippen LogP contribution in [0.4, 0.5) is 4.79 Å². The molecule has 3 aliphatic heterocycles. The second-order valence-electron chi connectivity index (χ2n) is 10.3. The van der Waals surface area contributed by atoms with E-state index in [1.807, 2.05) is 23.5 Å². The van der Waals surface area contributed by atoms with E-state index in [0.717, 1.165) is 24.3 Å². The first kappa shape index (κ1) is 27.9. The van der Waals surface area contributed by atoms with Crippen LogP contribution < -0.4 is 10.8 Å². The van der Waals surface area contributed by atoms with Gasteiger partial charge in [-0.15, -0.1) is 23.5 Å². The standard InChI is InChI=1S/C23H38N4O6S2/c1-22(2,3)33-21(31)26-11-7-8-16(26)20(30)27-15-23(34-12-13-35-23)14-17(27)19(29)24-10-6-4-5-9-18(28)25-32/h16-17,32H,4-15H2,1-3H3,(H,24,29)(H,25,28)/t16-,17-/m0/s1. The van der Waals surface area contributed by atoms with E-state index >= 15 is 0 Å². The lowest BCUT2D eigenvalue weighted by Gasteiger charge is -2.32. The Hall–Kier alpha value is -1.66. The molecule has 3 heterocycles. The fourth-order valence-corrected chi connectivity index (χ4v) is 7.99. The summed E-state index contributed by atoms with van der Waals surface area (Å²) >= 11 is 3.63. The number of ether oxygens (including phenoxy) is 1. The zero-order chi connectivity index (χ0) is 25.6. The molecule has 0 bridgehead atoms. The molecule has 12 heteroatoms. The van der Waals surface area contributed by atoms with Crippen molar-refractivity contribution in [2.75, 3.05) is 31.1 Å². The van der Waals surface area contributed by atoms with Crippen LogP contribution in [0.1, 0.15) is 65.7 Å². The highest BCUT2D eigenvalue weighted by atomic mass is 32.2. The zero-order valence-corrected chi connectivity index (χ0v) is 22.5. The molecule has 0 aliphatic carbocycles. The van der Waals surface area contributed by atoms with Gasteiger partial charge < -0.3 is 15.0 Å². The van der Waals surface area contributed by atoms with Crippen molar-refractivity contribution < 1.29 is 29.1 Å². The van der Waals surface area contributed by atoms with Crippen LogP contribution in [0, 0.1) is 0 Å². The summed E-state index contributed by atoms with van der Waals surface area (Å²) in [5, 5.41) is 11.5. The molecule has 10 nitrogen and oxygen atoms in total. The van der Waals surface area contributed by atoms with Crippen molar-refractivity contribution in [1.82, 2.24) is 20.6 Å². The fraction of sp³-hybridized carbons (Fsp3) is 0.826. The maximum atomic E-state index is 13.7. The quantitative estimate of drug-likeness (QED) is 0.248. The van der Waals surface area contributed by atoms with Gasteiger partial charge in [-0.3, -0.25) is 24.5 Å². The number of carbonyl (C=O) groups is 4. The van der Waals surface area contributed by atoms with Crippen molar-refractivity contribution in [3.8, 4) is 0 Å². The van der Waals surface area contributed by atoms with Gasteiger partial charge >= 0.3 is 6.09 Å². The molecule has 3 aliphatic rings. The Kier molecular flexibility index (Phi) is 9.61. The Bertz CT molecular complexity index is 799. The molecule has 3 rings (SSSR count). The zero-order valence-electron chi connectivity index (χ0n) is 20.8. The van der Waals surface area contributed by atoms with Gasteiger partial charge in [-0.2, -0.15) is 0 Å². The summed E-state index contributed by atoms with van der Waals surface area (Å²) in [5.74, 6) is 1.23. The normalized spacial score (nSPS) is 23.5. The highest BCUT2D eigenvalue weighted by Crippen LogP contribution is 2.52. The number of nitrogens with one attached hydrogen (secondary N) is 2. The van der Waals surface area contributed by atoms with Crippen molar-refractivity contribution in [2.45, 2.75) is 87.5 Å². The number of nitrogens with zero attached hydrogens (tertiary/aromatic N) is 2. The first-order valence-electron chi connectivity index (χ1n) is 12.3. The van der Waals surface area contributed by atoms with E-state index in [-0.39, 0.29) is 22.3 Å². The van der Waals surface area contributed by atoms with Gasteiger partial charge in [0.05, 0.1) is 4.08 Å². The second kappa shape index (κ2) is 12.1. The SMILES string of the molecule is CC(C)(C)OC(=O)N1CCC[C@H]1C(=O)N1CC2(C[C@H]1C(=O)NCCCCCC(=O)NO)SCCS2. The van der Waals surface area contributed by atoms with Gasteiger partial charge in [0.1, 0.15) is 17.7 Å². The molecule has 3 N–H and O–H groups in total. The molecule has 0 aromatic carbocycles. The molecule has 35 heavy (non-hydrogen) atoms. The van der Waals surface area contributed by atoms with Crippen LogP contribution in [-0.2, 0) is 19.1 Å². The van der Waals surface area contributed by atoms with E-state index in [1.54, 1.807) is 31.2 Å². The number of thioether (sulfide) groups is 2. The minimum absolute atomic E-state index is 0.168. The molecule has 0 radical (unpaired) electrons. The van der Waals surface area contributed by atoms with E-state index in [4.69, 9.17) is 9.94 Å². The number of carbonyl (C=O) groups excluding carboxylic acids is 4. The number of likely N-dealkylation sites (tertiary alicyclic amines) is 2. The van der Waals surface area contributed by atoms with Gasteiger partial charge in [0.2, 0.25) is 17.7 Å². The summed E-state index contributed by atoms with van der Waals surface area (Å²) in [7, 11) is 0. The summed E-state index contributed by atoms with van der Waals surface area (Å²) in [6.45, 7) is 6.83. The van der Waals surface area contributed by atoms with Gasteiger partial charge in [0, 0.05) is 44.0 Å². The van der Waals surface area contributed by atoms with Crippen LogP contribution in [0.3, 0.4) is 0 Å². The Morgan fingerprint density at radius 2 is 1.77 bits per heavy atom. The maximum Gasteiger partial charge on any atom is 0.410 e. The number of amides is 4. The largest absolute Gasteiger partial charge is 0.444 e. The van der Waals surface area contributed by atoms with Gasteiger partial charge in [-0.25, -0.2) is 10.3 Å². The smallest absolute Gasteiger partial charge is 0.410 e. The summed E-state index contributed by atoms with van der Waals surface area (Å²) in [4.78, 5) is 53.9. The van der Waals surface area contributed by atoms with Crippen LogP contribution in [0.5, 0.6) is 0 Å². The molecular weight excluding hydrogens is 492 g/mol. The lowest BCUT2D eigenvalue weighted by atomic mass is 10.1. The van der Waals surface area contributed by atoms with Gasteiger partial charge in [-0.05, 0) is 46.5 Å². The molecule has 0 aromatic heterocycles. The monoisotopic (exact) mass is 530 g/mol. The Labute approximate surface area is 215 Å². The first-order chi connectivity index (χ1) is 16.6. The van der Waals surface area contributed by atoms with Gasteiger partial charge in [-0.1, -0.05) is 6.42 Å². The summed E-state index contributed by atoms with van der Waals surface area (Å²) < 4.78 is 5.35. The molecule has 3 saturated heterocycles. The van der Waals surface area contributed by atoms with E-state index < -0.39 is 29.7 Å². The lowest BCUT2D eigenvalue weighted by Crippen LogP contribution is -2.53. The number of rotatable bonds is 8. The Morgan fingerprint density at radius 3 is 2.43 bits per heavy atom. The number of unbranched alkanes of at least 4 members (excludes halogenated alkanes) is 2. The van der Waals surface area contributed by atoms with E-state index in [0.29, 0.717) is 45.3 Å². The molecule has 0 saturated carbocycles. The molecule has 2 atom stereocenters. The average Bonchev–Trinajstić information content (AvgIpc) is 3.54. The number of hydrogen-bond acceptors (Lipinski definition) is 8. The van der Waals surface area contributed by atoms with Crippen LogP contribution in [0.2, 0.25) is 0 Å². The van der Waals surface area contributed by atoms with Crippen molar-refractivity contribution >= 4 is 47.3 Å². The average molecular weight is 531 g/mol. The van der Waals surface area contributed by atoms with E-state index in [1.165, 1.54) is 4.90 Å². The van der Waals surface area contributed by atoms with E-state index in [2.05, 4.69) is 5.32 Å². The van der Waals surface area contributed by atoms with Crippen molar-refractivity contribution in [1.29, 1.82) is 0 Å². The maximum absolute atomic E-state index is 13.7. The Balaban J connectivity index is 1.62. The highest BCUT2D eigenvalue weighted by molar-refractivity contribution is 8.21. The van der Waals surface area contributed by atoms with Crippen molar-refractivity contribution in [2.24, 2.45) is 0 Å². The van der Waals surface area contributed by atoms with Crippen LogP contribution in [0.25, 0.3) is 0 Å². The molecule has 0 aromatic rings. The third kappa shape index (κ3) is 7.42. The molecule has 4 amide bonds. The Morgan fingerprint density at radius 1 is 1.06 bits per heavy atom. The highest BCUT2D eigenvalue weighted by Gasteiger charge is 2.53. The topological polar surface area (TPSA) is 128 Å². The predicted molar refractivity (Wildman–Crippen MR) is 135 cm³/mol. The summed E-state index contributed by atoms with van der Waals surface area (Å²) in [5.41, 5.74) is 0.966. The molecule has 198 valence electrons. The van der Waals surface area contributed by atoms with Crippen LogP contribution in [0.15, 0.2) is 0 Å². The third-order valence-corrected chi connectivity index (χ3v) is 9.79. The van der Waals surface area contributed by atoms with Crippen LogP contribution in [-0.4, -0.2) is 91.7 Å². The summed E-state index contributed by atoms with van der Waals surface area (Å²) in [6, 6.07) is -1.17. The number of hydroxylamine groups is 1. The minimum atomic E-state index is -0.646.